The molecule has 0 radical (unpaired) electrons. The van der Waals surface area contributed by atoms with Crippen LogP contribution in [0.15, 0.2) is 48.5 Å². The lowest BCUT2D eigenvalue weighted by Gasteiger charge is -2.26. The van der Waals surface area contributed by atoms with Crippen LogP contribution >= 0.6 is 0 Å². The first-order valence-corrected chi connectivity index (χ1v) is 9.49. The maximum absolute atomic E-state index is 5.99. The highest BCUT2D eigenvalue weighted by atomic mass is 16.5. The van der Waals surface area contributed by atoms with Gasteiger partial charge in [0.25, 0.3) is 0 Å². The number of para-hydroxylation sites is 1. The molecule has 2 aromatic carbocycles. The lowest BCUT2D eigenvalue weighted by molar-refractivity contribution is 0.191. The zero-order valence-corrected chi connectivity index (χ0v) is 15.2. The van der Waals surface area contributed by atoms with Crippen molar-refractivity contribution in [1.29, 1.82) is 0 Å². The van der Waals surface area contributed by atoms with Crippen molar-refractivity contribution >= 4 is 21.8 Å². The Labute approximate surface area is 157 Å². The van der Waals surface area contributed by atoms with E-state index in [9.17, 15) is 0 Å². The van der Waals surface area contributed by atoms with Crippen molar-refractivity contribution < 1.29 is 4.74 Å². The van der Waals surface area contributed by atoms with E-state index in [-0.39, 0.29) is 0 Å². The van der Waals surface area contributed by atoms with Crippen molar-refractivity contribution in [2.45, 2.75) is 0 Å². The van der Waals surface area contributed by atoms with Gasteiger partial charge < -0.3 is 15.0 Å². The van der Waals surface area contributed by atoms with Gasteiger partial charge in [0.1, 0.15) is 18.1 Å². The van der Waals surface area contributed by atoms with E-state index in [1.807, 2.05) is 24.3 Å². The quantitative estimate of drug-likeness (QED) is 0.511. The third kappa shape index (κ3) is 3.29. The molecule has 0 saturated carbocycles. The Hall–Kier alpha value is -2.83. The molecule has 0 atom stereocenters. The number of fused-ring (bicyclic) bond motifs is 2. The molecule has 6 heteroatoms. The van der Waals surface area contributed by atoms with Gasteiger partial charge >= 0.3 is 0 Å². The Balaban J connectivity index is 1.34. The van der Waals surface area contributed by atoms with Gasteiger partial charge in [-0.1, -0.05) is 18.2 Å². The molecule has 0 amide bonds. The van der Waals surface area contributed by atoms with Crippen molar-refractivity contribution in [3.63, 3.8) is 0 Å². The summed E-state index contributed by atoms with van der Waals surface area (Å²) in [5.74, 6) is 0.912. The summed E-state index contributed by atoms with van der Waals surface area (Å²) in [5.41, 5.74) is 4.10. The van der Waals surface area contributed by atoms with Crippen molar-refractivity contribution in [1.82, 2.24) is 25.4 Å². The number of rotatable bonds is 5. The van der Waals surface area contributed by atoms with E-state index in [1.165, 1.54) is 0 Å². The molecule has 1 aliphatic rings. The minimum absolute atomic E-state index is 0.715. The number of hydrogen-bond acceptors (Lipinski definition) is 4. The predicted octanol–water partition coefficient (Wildman–Crippen LogP) is 3.00. The average Bonchev–Trinajstić information content (AvgIpc) is 3.32. The number of nitrogens with zero attached hydrogens (tertiary/aromatic N) is 2. The van der Waals surface area contributed by atoms with Crippen molar-refractivity contribution in [2.24, 2.45) is 0 Å². The number of hydrogen-bond donors (Lipinski definition) is 3. The molecular weight excluding hydrogens is 338 g/mol. The second-order valence-corrected chi connectivity index (χ2v) is 6.99. The summed E-state index contributed by atoms with van der Waals surface area (Å²) in [6.45, 7) is 6.02. The van der Waals surface area contributed by atoms with Gasteiger partial charge in [0, 0.05) is 49.0 Å². The normalized spacial score (nSPS) is 15.6. The Kier molecular flexibility index (Phi) is 4.27. The van der Waals surface area contributed by atoms with Crippen molar-refractivity contribution in [3.05, 3.63) is 48.5 Å². The topological polar surface area (TPSA) is 69.0 Å². The minimum Gasteiger partial charge on any atom is -0.492 e. The molecule has 138 valence electrons. The van der Waals surface area contributed by atoms with Crippen LogP contribution in [0.3, 0.4) is 0 Å². The third-order valence-electron chi connectivity index (χ3n) is 5.20. The summed E-state index contributed by atoms with van der Waals surface area (Å²) in [4.78, 5) is 5.91. The number of nitrogens with one attached hydrogen (secondary N) is 3. The summed E-state index contributed by atoms with van der Waals surface area (Å²) < 4.78 is 5.99. The lowest BCUT2D eigenvalue weighted by Crippen LogP contribution is -2.44. The molecule has 0 unspecified atom stereocenters. The van der Waals surface area contributed by atoms with Crippen LogP contribution < -0.4 is 10.1 Å². The maximum Gasteiger partial charge on any atom is 0.120 e. The van der Waals surface area contributed by atoms with Crippen molar-refractivity contribution in [3.8, 4) is 17.1 Å². The molecule has 1 fully saturated rings. The van der Waals surface area contributed by atoms with Crippen molar-refractivity contribution in [2.75, 3.05) is 39.3 Å². The Bertz CT molecular complexity index is 1060. The fourth-order valence-corrected chi connectivity index (χ4v) is 3.72. The number of ether oxygens (including phenoxy) is 1. The third-order valence-corrected chi connectivity index (χ3v) is 5.20. The van der Waals surface area contributed by atoms with Crippen LogP contribution in [0, 0.1) is 0 Å². The summed E-state index contributed by atoms with van der Waals surface area (Å²) in [5, 5.41) is 13.2. The van der Waals surface area contributed by atoms with Crippen LogP contribution in [0.1, 0.15) is 0 Å². The molecule has 1 aliphatic heterocycles. The molecule has 4 aromatic rings. The lowest BCUT2D eigenvalue weighted by atomic mass is 10.1. The summed E-state index contributed by atoms with van der Waals surface area (Å²) in [6, 6.07) is 16.5. The molecule has 27 heavy (non-hydrogen) atoms. The van der Waals surface area contributed by atoms with E-state index < -0.39 is 0 Å². The predicted molar refractivity (Wildman–Crippen MR) is 108 cm³/mol. The second-order valence-electron chi connectivity index (χ2n) is 6.99. The van der Waals surface area contributed by atoms with Gasteiger partial charge in [-0.05, 0) is 30.3 Å². The first-order chi connectivity index (χ1) is 13.4. The van der Waals surface area contributed by atoms with Crippen LogP contribution in [-0.2, 0) is 0 Å². The van der Waals surface area contributed by atoms with Crippen LogP contribution in [0.5, 0.6) is 5.75 Å². The molecule has 6 nitrogen and oxygen atoms in total. The van der Waals surface area contributed by atoms with Crippen LogP contribution in [0.2, 0.25) is 0 Å². The number of piperazine rings is 1. The standard InChI is InChI=1S/C21H23N5O/c1-2-4-19-17(3-1)21(25-24-19)20-14-15-13-16(5-6-18(15)23-20)27-12-11-26-9-7-22-8-10-26/h1-6,13-14,22-23H,7-12H2,(H,24,25). The molecular formula is C21H23N5O. The zero-order valence-electron chi connectivity index (χ0n) is 15.2. The SMILES string of the molecule is c1ccc2c(-c3cc4cc(OCCN5CCNCC5)ccc4[nH]3)n[nH]c2c1. The van der Waals surface area contributed by atoms with Crippen LogP contribution in [0.25, 0.3) is 33.2 Å². The monoisotopic (exact) mass is 361 g/mol. The fraction of sp³-hybridized carbons (Fsp3) is 0.286. The highest BCUT2D eigenvalue weighted by molar-refractivity contribution is 5.95. The average molecular weight is 361 g/mol. The van der Waals surface area contributed by atoms with Gasteiger partial charge in [-0.3, -0.25) is 10.00 Å². The van der Waals surface area contributed by atoms with Crippen LogP contribution in [0.4, 0.5) is 0 Å². The Morgan fingerprint density at radius 3 is 2.81 bits per heavy atom. The highest BCUT2D eigenvalue weighted by Gasteiger charge is 2.12. The van der Waals surface area contributed by atoms with Gasteiger partial charge in [-0.2, -0.15) is 5.10 Å². The molecule has 3 N–H and O–H groups in total. The smallest absolute Gasteiger partial charge is 0.120 e. The van der Waals surface area contributed by atoms with E-state index in [2.05, 4.69) is 49.7 Å². The number of aromatic nitrogens is 3. The van der Waals surface area contributed by atoms with Gasteiger partial charge in [-0.15, -0.1) is 0 Å². The Morgan fingerprint density at radius 2 is 1.89 bits per heavy atom. The minimum atomic E-state index is 0.715. The first kappa shape index (κ1) is 16.4. The number of aromatic amines is 2. The van der Waals surface area contributed by atoms with Gasteiger partial charge in [0.2, 0.25) is 0 Å². The number of H-pyrrole nitrogens is 2. The molecule has 5 rings (SSSR count). The molecule has 0 bridgehead atoms. The van der Waals surface area contributed by atoms with Gasteiger partial charge in [0.15, 0.2) is 0 Å². The van der Waals surface area contributed by atoms with Gasteiger partial charge in [0.05, 0.1) is 11.2 Å². The highest BCUT2D eigenvalue weighted by Crippen LogP contribution is 2.30. The summed E-state index contributed by atoms with van der Waals surface area (Å²) >= 11 is 0. The van der Waals surface area contributed by atoms with E-state index in [1.54, 1.807) is 0 Å². The number of benzene rings is 2. The van der Waals surface area contributed by atoms with E-state index in [4.69, 9.17) is 4.74 Å². The first-order valence-electron chi connectivity index (χ1n) is 9.49. The summed E-state index contributed by atoms with van der Waals surface area (Å²) in [6.07, 6.45) is 0. The van der Waals surface area contributed by atoms with E-state index in [0.29, 0.717) is 6.61 Å². The molecule has 0 spiro atoms. The maximum atomic E-state index is 5.99. The second kappa shape index (κ2) is 7.06. The molecule has 1 saturated heterocycles. The fourth-order valence-electron chi connectivity index (χ4n) is 3.72. The van der Waals surface area contributed by atoms with E-state index >= 15 is 0 Å². The van der Waals surface area contributed by atoms with Crippen LogP contribution in [-0.4, -0.2) is 59.4 Å². The van der Waals surface area contributed by atoms with E-state index in [0.717, 1.165) is 71.7 Å². The largest absolute Gasteiger partial charge is 0.492 e. The molecule has 0 aliphatic carbocycles. The molecule has 2 aromatic heterocycles. The van der Waals surface area contributed by atoms with Gasteiger partial charge in [-0.25, -0.2) is 0 Å². The molecule has 3 heterocycles. The summed E-state index contributed by atoms with van der Waals surface area (Å²) in [7, 11) is 0. The zero-order chi connectivity index (χ0) is 18.1. The Morgan fingerprint density at radius 1 is 1.00 bits per heavy atom.